The second-order valence-corrected chi connectivity index (χ2v) is 4.34. The Labute approximate surface area is 93.3 Å². The summed E-state index contributed by atoms with van der Waals surface area (Å²) in [5.74, 6) is -0.274. The summed E-state index contributed by atoms with van der Waals surface area (Å²) in [6, 6.07) is 3.97. The van der Waals surface area contributed by atoms with E-state index in [0.29, 0.717) is 6.04 Å². The standard InChI is InChI=1S/C12H14FN3/c1-16-11(10-3-2-4-14-10)6-8-5-9(13)7-15-12(8)16/h5-7,10,14H,2-4H2,1H3. The molecule has 1 fully saturated rings. The van der Waals surface area contributed by atoms with Gasteiger partial charge in [0.15, 0.2) is 0 Å². The number of hydrogen-bond acceptors (Lipinski definition) is 2. The molecule has 2 aromatic rings. The van der Waals surface area contributed by atoms with Crippen molar-refractivity contribution in [2.75, 3.05) is 6.54 Å². The number of hydrogen-bond donors (Lipinski definition) is 1. The Kier molecular flexibility index (Phi) is 2.17. The third kappa shape index (κ3) is 1.41. The van der Waals surface area contributed by atoms with Gasteiger partial charge in [0, 0.05) is 24.2 Å². The fourth-order valence-electron chi connectivity index (χ4n) is 2.48. The van der Waals surface area contributed by atoms with E-state index in [9.17, 15) is 4.39 Å². The number of aryl methyl sites for hydroxylation is 1. The quantitative estimate of drug-likeness (QED) is 0.796. The molecule has 3 nitrogen and oxygen atoms in total. The molecule has 1 atom stereocenters. The first-order chi connectivity index (χ1) is 7.75. The smallest absolute Gasteiger partial charge is 0.142 e. The van der Waals surface area contributed by atoms with Gasteiger partial charge in [-0.05, 0) is 31.5 Å². The molecule has 1 aliphatic heterocycles. The average Bonchev–Trinajstić information content (AvgIpc) is 2.86. The number of pyridine rings is 1. The highest BCUT2D eigenvalue weighted by Crippen LogP contribution is 2.27. The summed E-state index contributed by atoms with van der Waals surface area (Å²) in [5, 5.41) is 4.33. The Bertz CT molecular complexity index is 526. The summed E-state index contributed by atoms with van der Waals surface area (Å²) in [4.78, 5) is 4.13. The van der Waals surface area contributed by atoms with Crippen molar-refractivity contribution in [2.24, 2.45) is 7.05 Å². The first-order valence-corrected chi connectivity index (χ1v) is 5.60. The van der Waals surface area contributed by atoms with Gasteiger partial charge in [-0.2, -0.15) is 0 Å². The maximum atomic E-state index is 13.1. The minimum atomic E-state index is -0.274. The molecular formula is C12H14FN3. The van der Waals surface area contributed by atoms with E-state index in [1.165, 1.54) is 18.3 Å². The van der Waals surface area contributed by atoms with Crippen LogP contribution in [0.5, 0.6) is 0 Å². The Hall–Kier alpha value is -1.42. The highest BCUT2D eigenvalue weighted by Gasteiger charge is 2.20. The van der Waals surface area contributed by atoms with Crippen molar-refractivity contribution in [1.82, 2.24) is 14.9 Å². The van der Waals surface area contributed by atoms with E-state index in [4.69, 9.17) is 0 Å². The van der Waals surface area contributed by atoms with Gasteiger partial charge in [0.1, 0.15) is 11.5 Å². The number of nitrogens with one attached hydrogen (secondary N) is 1. The van der Waals surface area contributed by atoms with E-state index in [2.05, 4.69) is 14.9 Å². The van der Waals surface area contributed by atoms with Crippen molar-refractivity contribution in [3.63, 3.8) is 0 Å². The van der Waals surface area contributed by atoms with Crippen LogP contribution in [0.1, 0.15) is 24.6 Å². The largest absolute Gasteiger partial charge is 0.331 e. The molecule has 84 valence electrons. The molecule has 1 N–H and O–H groups in total. The number of fused-ring (bicyclic) bond motifs is 1. The second kappa shape index (κ2) is 3.56. The lowest BCUT2D eigenvalue weighted by atomic mass is 10.1. The third-order valence-electron chi connectivity index (χ3n) is 3.29. The van der Waals surface area contributed by atoms with Crippen molar-refractivity contribution >= 4 is 11.0 Å². The predicted octanol–water partition coefficient (Wildman–Crippen LogP) is 2.14. The van der Waals surface area contributed by atoms with Gasteiger partial charge in [-0.15, -0.1) is 0 Å². The van der Waals surface area contributed by atoms with Gasteiger partial charge >= 0.3 is 0 Å². The van der Waals surface area contributed by atoms with Gasteiger partial charge in [-0.25, -0.2) is 9.37 Å². The maximum absolute atomic E-state index is 13.1. The Morgan fingerprint density at radius 3 is 3.12 bits per heavy atom. The van der Waals surface area contributed by atoms with Crippen LogP contribution in [-0.2, 0) is 7.05 Å². The van der Waals surface area contributed by atoms with Crippen LogP contribution < -0.4 is 5.32 Å². The molecule has 1 unspecified atom stereocenters. The average molecular weight is 219 g/mol. The van der Waals surface area contributed by atoms with E-state index in [0.717, 1.165) is 24.0 Å². The molecule has 2 aromatic heterocycles. The maximum Gasteiger partial charge on any atom is 0.142 e. The van der Waals surface area contributed by atoms with E-state index >= 15 is 0 Å². The molecule has 4 heteroatoms. The van der Waals surface area contributed by atoms with E-state index in [1.807, 2.05) is 13.1 Å². The van der Waals surface area contributed by atoms with Crippen LogP contribution in [-0.4, -0.2) is 16.1 Å². The molecule has 3 heterocycles. The van der Waals surface area contributed by atoms with Crippen LogP contribution in [0.25, 0.3) is 11.0 Å². The number of rotatable bonds is 1. The van der Waals surface area contributed by atoms with Crippen LogP contribution >= 0.6 is 0 Å². The molecule has 1 aliphatic rings. The fourth-order valence-corrected chi connectivity index (χ4v) is 2.48. The van der Waals surface area contributed by atoms with Crippen molar-refractivity contribution in [3.8, 4) is 0 Å². The van der Waals surface area contributed by atoms with Crippen molar-refractivity contribution < 1.29 is 4.39 Å². The molecule has 0 aromatic carbocycles. The predicted molar refractivity (Wildman–Crippen MR) is 60.6 cm³/mol. The SMILES string of the molecule is Cn1c(C2CCCN2)cc2cc(F)cnc21. The molecule has 0 bridgehead atoms. The van der Waals surface area contributed by atoms with Crippen LogP contribution in [0.2, 0.25) is 0 Å². The van der Waals surface area contributed by atoms with Crippen LogP contribution in [0.4, 0.5) is 4.39 Å². The number of nitrogens with zero attached hydrogens (tertiary/aromatic N) is 2. The first-order valence-electron chi connectivity index (χ1n) is 5.60. The Balaban J connectivity index is 2.14. The Morgan fingerprint density at radius 1 is 1.50 bits per heavy atom. The topological polar surface area (TPSA) is 29.9 Å². The molecule has 16 heavy (non-hydrogen) atoms. The molecule has 1 saturated heterocycles. The van der Waals surface area contributed by atoms with Gasteiger partial charge in [-0.3, -0.25) is 0 Å². The number of halogens is 1. The lowest BCUT2D eigenvalue weighted by molar-refractivity contribution is 0.602. The molecular weight excluding hydrogens is 205 g/mol. The first kappa shape index (κ1) is 9.78. The second-order valence-electron chi connectivity index (χ2n) is 4.34. The molecule has 0 amide bonds. The van der Waals surface area contributed by atoms with E-state index < -0.39 is 0 Å². The zero-order valence-corrected chi connectivity index (χ0v) is 9.20. The van der Waals surface area contributed by atoms with Crippen LogP contribution in [0.15, 0.2) is 18.3 Å². The fraction of sp³-hybridized carbons (Fsp3) is 0.417. The lowest BCUT2D eigenvalue weighted by Crippen LogP contribution is -2.15. The van der Waals surface area contributed by atoms with Crippen molar-refractivity contribution in [2.45, 2.75) is 18.9 Å². The summed E-state index contributed by atoms with van der Waals surface area (Å²) < 4.78 is 15.1. The van der Waals surface area contributed by atoms with E-state index in [-0.39, 0.29) is 5.82 Å². The van der Waals surface area contributed by atoms with Gasteiger partial charge in [0.2, 0.25) is 0 Å². The minimum absolute atomic E-state index is 0.274. The van der Waals surface area contributed by atoms with Crippen molar-refractivity contribution in [3.05, 3.63) is 29.8 Å². The van der Waals surface area contributed by atoms with Crippen molar-refractivity contribution in [1.29, 1.82) is 0 Å². The summed E-state index contributed by atoms with van der Waals surface area (Å²) in [5.41, 5.74) is 2.05. The van der Waals surface area contributed by atoms with Crippen LogP contribution in [0.3, 0.4) is 0 Å². The van der Waals surface area contributed by atoms with Gasteiger partial charge in [0.25, 0.3) is 0 Å². The molecule has 3 rings (SSSR count). The van der Waals surface area contributed by atoms with Gasteiger partial charge in [-0.1, -0.05) is 0 Å². The van der Waals surface area contributed by atoms with Gasteiger partial charge < -0.3 is 9.88 Å². The highest BCUT2D eigenvalue weighted by molar-refractivity contribution is 5.77. The zero-order chi connectivity index (χ0) is 11.1. The number of aromatic nitrogens is 2. The van der Waals surface area contributed by atoms with Gasteiger partial charge in [0.05, 0.1) is 6.20 Å². The summed E-state index contributed by atoms with van der Waals surface area (Å²) in [6.45, 7) is 1.06. The molecule has 0 saturated carbocycles. The summed E-state index contributed by atoms with van der Waals surface area (Å²) in [6.07, 6.45) is 3.62. The van der Waals surface area contributed by atoms with E-state index in [1.54, 1.807) is 6.07 Å². The minimum Gasteiger partial charge on any atom is -0.331 e. The molecule has 0 radical (unpaired) electrons. The van der Waals surface area contributed by atoms with Crippen LogP contribution in [0, 0.1) is 5.82 Å². The Morgan fingerprint density at radius 2 is 2.38 bits per heavy atom. The highest BCUT2D eigenvalue weighted by atomic mass is 19.1. The summed E-state index contributed by atoms with van der Waals surface area (Å²) in [7, 11) is 1.99. The normalized spacial score (nSPS) is 20.8. The monoisotopic (exact) mass is 219 g/mol. The molecule has 0 aliphatic carbocycles. The lowest BCUT2D eigenvalue weighted by Gasteiger charge is -2.11. The summed E-state index contributed by atoms with van der Waals surface area (Å²) >= 11 is 0. The molecule has 0 spiro atoms. The third-order valence-corrected chi connectivity index (χ3v) is 3.29. The zero-order valence-electron chi connectivity index (χ0n) is 9.20.